The van der Waals surface area contributed by atoms with Gasteiger partial charge in [-0.15, -0.1) is 0 Å². The number of nitrogens with one attached hydrogen (secondary N) is 1. The summed E-state index contributed by atoms with van der Waals surface area (Å²) in [5.74, 6) is -0.830. The average molecular weight is 328 g/mol. The number of fused-ring (bicyclic) bond motifs is 3. The first-order chi connectivity index (χ1) is 11.5. The molecular formula is C17H20N4O3. The van der Waals surface area contributed by atoms with Gasteiger partial charge in [0.15, 0.2) is 0 Å². The van der Waals surface area contributed by atoms with Gasteiger partial charge in [-0.2, -0.15) is 5.10 Å². The standard InChI is InChI=1S/C17H20N4O3/c1-10-15-16(20-19-10)12-9-11(4-6-14(22)23)3-5-13(12)21(17(15)24)8-2-7-18/h3,5,9H,2,4,6-8,18H2,1H3,(H,19,20)(H,22,23). The van der Waals surface area contributed by atoms with Crippen molar-refractivity contribution < 1.29 is 9.90 Å². The third-order valence-electron chi connectivity index (χ3n) is 4.23. The number of carbonyl (C=O) groups is 1. The number of rotatable bonds is 6. The van der Waals surface area contributed by atoms with Gasteiger partial charge in [0.2, 0.25) is 0 Å². The zero-order valence-electron chi connectivity index (χ0n) is 13.5. The first-order valence-corrected chi connectivity index (χ1v) is 7.95. The lowest BCUT2D eigenvalue weighted by Crippen LogP contribution is -2.22. The van der Waals surface area contributed by atoms with Gasteiger partial charge in [0.25, 0.3) is 5.56 Å². The highest BCUT2D eigenvalue weighted by atomic mass is 16.4. The zero-order chi connectivity index (χ0) is 17.3. The van der Waals surface area contributed by atoms with Gasteiger partial charge in [-0.05, 0) is 44.0 Å². The molecule has 0 radical (unpaired) electrons. The van der Waals surface area contributed by atoms with Crippen LogP contribution in [-0.4, -0.2) is 32.4 Å². The molecule has 0 saturated heterocycles. The molecule has 0 aliphatic carbocycles. The monoisotopic (exact) mass is 328 g/mol. The molecule has 24 heavy (non-hydrogen) atoms. The second-order valence-corrected chi connectivity index (χ2v) is 5.92. The van der Waals surface area contributed by atoms with Gasteiger partial charge in [-0.3, -0.25) is 14.7 Å². The highest BCUT2D eigenvalue weighted by Crippen LogP contribution is 2.24. The molecule has 0 fully saturated rings. The molecule has 126 valence electrons. The molecule has 4 N–H and O–H groups in total. The first-order valence-electron chi connectivity index (χ1n) is 7.95. The molecule has 7 heteroatoms. The maximum atomic E-state index is 12.8. The summed E-state index contributed by atoms with van der Waals surface area (Å²) in [5.41, 5.74) is 8.60. The number of hydrogen-bond donors (Lipinski definition) is 3. The molecular weight excluding hydrogens is 308 g/mol. The summed E-state index contributed by atoms with van der Waals surface area (Å²) in [6, 6.07) is 5.67. The van der Waals surface area contributed by atoms with Gasteiger partial charge >= 0.3 is 5.97 Å². The van der Waals surface area contributed by atoms with Crippen LogP contribution in [0.2, 0.25) is 0 Å². The number of aryl methyl sites for hydroxylation is 3. The Morgan fingerprint density at radius 3 is 2.92 bits per heavy atom. The van der Waals surface area contributed by atoms with Crippen molar-refractivity contribution in [2.24, 2.45) is 5.73 Å². The summed E-state index contributed by atoms with van der Waals surface area (Å²) in [6.07, 6.45) is 1.22. The van der Waals surface area contributed by atoms with Crippen LogP contribution in [0.3, 0.4) is 0 Å². The van der Waals surface area contributed by atoms with Crippen molar-refractivity contribution in [1.29, 1.82) is 0 Å². The number of carboxylic acids is 1. The quantitative estimate of drug-likeness (QED) is 0.635. The van der Waals surface area contributed by atoms with E-state index in [1.165, 1.54) is 0 Å². The van der Waals surface area contributed by atoms with Crippen LogP contribution in [0.1, 0.15) is 24.1 Å². The number of nitrogens with two attached hydrogens (primary N) is 1. The lowest BCUT2D eigenvalue weighted by molar-refractivity contribution is -0.136. The van der Waals surface area contributed by atoms with Crippen molar-refractivity contribution in [2.75, 3.05) is 6.54 Å². The summed E-state index contributed by atoms with van der Waals surface area (Å²) in [5, 5.41) is 17.5. The number of hydrogen-bond acceptors (Lipinski definition) is 4. The van der Waals surface area contributed by atoms with Gasteiger partial charge in [-0.25, -0.2) is 0 Å². The Labute approximate surface area is 138 Å². The summed E-state index contributed by atoms with van der Waals surface area (Å²) in [7, 11) is 0. The molecule has 0 unspecified atom stereocenters. The van der Waals surface area contributed by atoms with E-state index >= 15 is 0 Å². The van der Waals surface area contributed by atoms with E-state index in [-0.39, 0.29) is 12.0 Å². The first kappa shape index (κ1) is 16.2. The fraction of sp³-hybridized carbons (Fsp3) is 0.353. The average Bonchev–Trinajstić information content (AvgIpc) is 2.95. The van der Waals surface area contributed by atoms with E-state index in [1.54, 1.807) is 4.57 Å². The Morgan fingerprint density at radius 2 is 2.21 bits per heavy atom. The van der Waals surface area contributed by atoms with Gasteiger partial charge < -0.3 is 15.4 Å². The Balaban J connectivity index is 2.24. The molecule has 2 heterocycles. The summed E-state index contributed by atoms with van der Waals surface area (Å²) in [4.78, 5) is 23.6. The van der Waals surface area contributed by atoms with E-state index in [0.29, 0.717) is 36.8 Å². The molecule has 0 saturated carbocycles. The number of aliphatic carboxylic acids is 1. The minimum atomic E-state index is -0.830. The van der Waals surface area contributed by atoms with Crippen LogP contribution in [0.4, 0.5) is 0 Å². The highest BCUT2D eigenvalue weighted by molar-refractivity contribution is 6.04. The second kappa shape index (κ2) is 6.45. The molecule has 0 spiro atoms. The summed E-state index contributed by atoms with van der Waals surface area (Å²) < 4.78 is 1.73. The Bertz CT molecular complexity index is 971. The van der Waals surface area contributed by atoms with E-state index in [4.69, 9.17) is 10.8 Å². The Morgan fingerprint density at radius 1 is 1.42 bits per heavy atom. The number of carboxylic acid groups (broad SMARTS) is 1. The largest absolute Gasteiger partial charge is 0.481 e. The lowest BCUT2D eigenvalue weighted by atomic mass is 10.0. The van der Waals surface area contributed by atoms with Crippen molar-refractivity contribution >= 4 is 27.8 Å². The number of aromatic amines is 1. The van der Waals surface area contributed by atoms with Crippen LogP contribution in [-0.2, 0) is 17.8 Å². The maximum absolute atomic E-state index is 12.8. The third-order valence-corrected chi connectivity index (χ3v) is 4.23. The van der Waals surface area contributed by atoms with Crippen LogP contribution in [0.5, 0.6) is 0 Å². The molecule has 0 amide bonds. The normalized spacial score (nSPS) is 11.4. The van der Waals surface area contributed by atoms with Crippen LogP contribution in [0.15, 0.2) is 23.0 Å². The van der Waals surface area contributed by atoms with Crippen LogP contribution < -0.4 is 11.3 Å². The van der Waals surface area contributed by atoms with Crippen LogP contribution in [0, 0.1) is 6.92 Å². The molecule has 0 bridgehead atoms. The molecule has 0 aliphatic heterocycles. The Hall–Kier alpha value is -2.67. The number of H-pyrrole nitrogens is 1. The van der Waals surface area contributed by atoms with Gasteiger partial charge in [0, 0.05) is 24.0 Å². The van der Waals surface area contributed by atoms with E-state index in [2.05, 4.69) is 10.2 Å². The SMILES string of the molecule is Cc1[nH]nc2c1c(=O)n(CCCN)c1ccc(CCC(=O)O)cc21. The zero-order valence-corrected chi connectivity index (χ0v) is 13.5. The van der Waals surface area contributed by atoms with Crippen molar-refractivity contribution in [3.8, 4) is 0 Å². The topological polar surface area (TPSA) is 114 Å². The van der Waals surface area contributed by atoms with Gasteiger partial charge in [-0.1, -0.05) is 6.07 Å². The van der Waals surface area contributed by atoms with E-state index in [1.807, 2.05) is 25.1 Å². The fourth-order valence-corrected chi connectivity index (χ4v) is 3.02. The van der Waals surface area contributed by atoms with Crippen LogP contribution in [0.25, 0.3) is 21.8 Å². The minimum absolute atomic E-state index is 0.0705. The van der Waals surface area contributed by atoms with E-state index < -0.39 is 5.97 Å². The lowest BCUT2D eigenvalue weighted by Gasteiger charge is -2.12. The molecule has 0 aliphatic rings. The van der Waals surface area contributed by atoms with Crippen molar-refractivity contribution in [2.45, 2.75) is 32.7 Å². The number of benzene rings is 1. The smallest absolute Gasteiger partial charge is 0.303 e. The van der Waals surface area contributed by atoms with Gasteiger partial charge in [0.05, 0.1) is 10.9 Å². The molecule has 7 nitrogen and oxygen atoms in total. The third kappa shape index (κ3) is 2.78. The van der Waals surface area contributed by atoms with Crippen molar-refractivity contribution in [1.82, 2.24) is 14.8 Å². The highest BCUT2D eigenvalue weighted by Gasteiger charge is 2.15. The van der Waals surface area contributed by atoms with Crippen molar-refractivity contribution in [3.63, 3.8) is 0 Å². The predicted octanol–water partition coefficient (Wildman–Crippen LogP) is 1.55. The molecule has 0 atom stereocenters. The number of aromatic nitrogens is 3. The minimum Gasteiger partial charge on any atom is -0.481 e. The molecule has 3 aromatic rings. The summed E-state index contributed by atoms with van der Waals surface area (Å²) in [6.45, 7) is 2.87. The maximum Gasteiger partial charge on any atom is 0.303 e. The number of nitrogens with zero attached hydrogens (tertiary/aromatic N) is 2. The Kier molecular flexibility index (Phi) is 4.35. The molecule has 2 aromatic heterocycles. The van der Waals surface area contributed by atoms with Crippen LogP contribution >= 0.6 is 0 Å². The van der Waals surface area contributed by atoms with Gasteiger partial charge in [0.1, 0.15) is 5.52 Å². The van der Waals surface area contributed by atoms with E-state index in [0.717, 1.165) is 22.2 Å². The molecule has 1 aromatic carbocycles. The van der Waals surface area contributed by atoms with Crippen molar-refractivity contribution in [3.05, 3.63) is 39.8 Å². The second-order valence-electron chi connectivity index (χ2n) is 5.92. The fourth-order valence-electron chi connectivity index (χ4n) is 3.02. The number of pyridine rings is 1. The predicted molar refractivity (Wildman–Crippen MR) is 92.2 cm³/mol. The summed E-state index contributed by atoms with van der Waals surface area (Å²) >= 11 is 0. The molecule has 3 rings (SSSR count). The van der Waals surface area contributed by atoms with E-state index in [9.17, 15) is 9.59 Å².